The number of nitrogens with one attached hydrogen (secondary N) is 1. The van der Waals surface area contributed by atoms with Gasteiger partial charge in [-0.15, -0.1) is 0 Å². The Morgan fingerprint density at radius 2 is 1.80 bits per heavy atom. The summed E-state index contributed by atoms with van der Waals surface area (Å²) in [5, 5.41) is 7.14. The number of H-pyrrole nitrogens is 1. The molecule has 2 fully saturated rings. The predicted molar refractivity (Wildman–Crippen MR) is 94.5 cm³/mol. The molecule has 1 amide bonds. The number of piperazine rings is 1. The van der Waals surface area contributed by atoms with Crippen molar-refractivity contribution in [3.05, 3.63) is 17.5 Å². The Morgan fingerprint density at radius 1 is 1.16 bits per heavy atom. The maximum absolute atomic E-state index is 12.9. The molecule has 0 radical (unpaired) electrons. The predicted octanol–water partition coefficient (Wildman–Crippen LogP) is 1.02. The first-order chi connectivity index (χ1) is 11.9. The number of rotatable bonds is 4. The number of hydrogen-bond acceptors (Lipinski definition) is 4. The third-order valence-electron chi connectivity index (χ3n) is 5.23. The van der Waals surface area contributed by atoms with Crippen molar-refractivity contribution in [3.8, 4) is 0 Å². The number of aromatic nitrogens is 2. The van der Waals surface area contributed by atoms with E-state index in [4.69, 9.17) is 0 Å². The molecule has 0 bridgehead atoms. The number of carbonyl (C=O) groups is 1. The summed E-state index contributed by atoms with van der Waals surface area (Å²) < 4.78 is 27.0. The summed E-state index contributed by atoms with van der Waals surface area (Å²) in [6, 6.07) is 0. The summed E-state index contributed by atoms with van der Waals surface area (Å²) >= 11 is 0. The zero-order valence-electron chi connectivity index (χ0n) is 14.9. The van der Waals surface area contributed by atoms with Crippen molar-refractivity contribution in [1.29, 1.82) is 0 Å². The number of amides is 1. The monoisotopic (exact) mass is 369 g/mol. The van der Waals surface area contributed by atoms with Gasteiger partial charge in [0.15, 0.2) is 0 Å². The zero-order chi connectivity index (χ0) is 18.0. The van der Waals surface area contributed by atoms with Gasteiger partial charge >= 0.3 is 0 Å². The Balaban J connectivity index is 1.67. The Hall–Kier alpha value is -1.45. The SMILES string of the molecule is CN(C)S(=O)(=O)N1CCN(C(=O)c2cn[nH]c2C2CCCCC2)CC1. The summed E-state index contributed by atoms with van der Waals surface area (Å²) in [5.41, 5.74) is 1.60. The molecule has 2 aliphatic rings. The Bertz CT molecular complexity index is 701. The molecular weight excluding hydrogens is 342 g/mol. The molecule has 0 atom stereocenters. The van der Waals surface area contributed by atoms with E-state index < -0.39 is 10.2 Å². The van der Waals surface area contributed by atoms with Crippen LogP contribution in [0.25, 0.3) is 0 Å². The topological polar surface area (TPSA) is 89.6 Å². The van der Waals surface area contributed by atoms with Crippen LogP contribution in [0.1, 0.15) is 54.1 Å². The summed E-state index contributed by atoms with van der Waals surface area (Å²) in [6.07, 6.45) is 7.46. The third kappa shape index (κ3) is 3.73. The van der Waals surface area contributed by atoms with Crippen molar-refractivity contribution in [3.63, 3.8) is 0 Å². The van der Waals surface area contributed by atoms with Crippen LogP contribution in [0, 0.1) is 0 Å². The maximum Gasteiger partial charge on any atom is 0.281 e. The van der Waals surface area contributed by atoms with Crippen LogP contribution in [0.3, 0.4) is 0 Å². The smallest absolute Gasteiger partial charge is 0.281 e. The lowest BCUT2D eigenvalue weighted by Crippen LogP contribution is -2.53. The molecule has 0 aromatic carbocycles. The number of hydrogen-bond donors (Lipinski definition) is 1. The third-order valence-corrected chi connectivity index (χ3v) is 7.17. The van der Waals surface area contributed by atoms with Gasteiger partial charge in [0, 0.05) is 46.2 Å². The van der Waals surface area contributed by atoms with Crippen LogP contribution in [0.2, 0.25) is 0 Å². The fraction of sp³-hybridized carbons (Fsp3) is 0.750. The van der Waals surface area contributed by atoms with E-state index in [1.807, 2.05) is 0 Å². The second-order valence-electron chi connectivity index (χ2n) is 7.01. The molecule has 25 heavy (non-hydrogen) atoms. The van der Waals surface area contributed by atoms with Crippen molar-refractivity contribution < 1.29 is 13.2 Å². The van der Waals surface area contributed by atoms with Crippen molar-refractivity contribution in [2.45, 2.75) is 38.0 Å². The largest absolute Gasteiger partial charge is 0.336 e. The summed E-state index contributed by atoms with van der Waals surface area (Å²) in [5.74, 6) is 0.335. The highest BCUT2D eigenvalue weighted by Gasteiger charge is 2.32. The number of aromatic amines is 1. The Kier molecular flexibility index (Phi) is 5.45. The van der Waals surface area contributed by atoms with E-state index in [-0.39, 0.29) is 5.91 Å². The maximum atomic E-state index is 12.9. The van der Waals surface area contributed by atoms with Gasteiger partial charge in [-0.05, 0) is 12.8 Å². The molecule has 0 spiro atoms. The molecule has 9 heteroatoms. The van der Waals surface area contributed by atoms with E-state index in [1.165, 1.54) is 42.0 Å². The van der Waals surface area contributed by atoms with Crippen molar-refractivity contribution >= 4 is 16.1 Å². The molecule has 0 unspecified atom stereocenters. The van der Waals surface area contributed by atoms with Crippen LogP contribution in [0.15, 0.2) is 6.20 Å². The molecule has 2 heterocycles. The van der Waals surface area contributed by atoms with Crippen LogP contribution in [-0.4, -0.2) is 78.3 Å². The molecule has 140 valence electrons. The molecule has 3 rings (SSSR count). The highest BCUT2D eigenvalue weighted by atomic mass is 32.2. The standard InChI is InChI=1S/C16H27N5O3S/c1-19(2)25(23,24)21-10-8-20(9-11-21)16(22)14-12-17-18-15(14)13-6-4-3-5-7-13/h12-13H,3-11H2,1-2H3,(H,17,18). The second-order valence-corrected chi connectivity index (χ2v) is 9.16. The molecule has 1 saturated carbocycles. The first-order valence-corrected chi connectivity index (χ1v) is 10.3. The molecule has 1 aliphatic heterocycles. The normalized spacial score (nSPS) is 21.0. The van der Waals surface area contributed by atoms with Gasteiger partial charge in [0.05, 0.1) is 17.5 Å². The molecule has 8 nitrogen and oxygen atoms in total. The van der Waals surface area contributed by atoms with E-state index in [1.54, 1.807) is 11.1 Å². The van der Waals surface area contributed by atoms with Crippen LogP contribution < -0.4 is 0 Å². The molecular formula is C16H27N5O3S. The fourth-order valence-electron chi connectivity index (χ4n) is 3.69. The van der Waals surface area contributed by atoms with E-state index >= 15 is 0 Å². The van der Waals surface area contributed by atoms with Crippen molar-refractivity contribution in [1.82, 2.24) is 23.7 Å². The van der Waals surface area contributed by atoms with Gasteiger partial charge in [-0.3, -0.25) is 9.89 Å². The molecule has 1 aromatic rings. The van der Waals surface area contributed by atoms with Gasteiger partial charge in [-0.1, -0.05) is 19.3 Å². The summed E-state index contributed by atoms with van der Waals surface area (Å²) in [7, 11) is -0.373. The van der Waals surface area contributed by atoms with E-state index in [0.29, 0.717) is 37.7 Å². The van der Waals surface area contributed by atoms with Gasteiger partial charge in [-0.2, -0.15) is 22.1 Å². The lowest BCUT2D eigenvalue weighted by Gasteiger charge is -2.35. The second kappa shape index (κ2) is 7.43. The first kappa shape index (κ1) is 18.3. The molecule has 1 aliphatic carbocycles. The minimum absolute atomic E-state index is 0.0452. The average Bonchev–Trinajstić information content (AvgIpc) is 3.11. The Labute approximate surface area is 149 Å². The Morgan fingerprint density at radius 3 is 2.40 bits per heavy atom. The van der Waals surface area contributed by atoms with Gasteiger partial charge < -0.3 is 4.90 Å². The van der Waals surface area contributed by atoms with E-state index in [0.717, 1.165) is 18.5 Å². The molecule has 1 aromatic heterocycles. The lowest BCUT2D eigenvalue weighted by atomic mass is 9.85. The van der Waals surface area contributed by atoms with Crippen LogP contribution in [-0.2, 0) is 10.2 Å². The summed E-state index contributed by atoms with van der Waals surface area (Å²) in [4.78, 5) is 14.6. The highest BCUT2D eigenvalue weighted by molar-refractivity contribution is 7.86. The van der Waals surface area contributed by atoms with E-state index in [9.17, 15) is 13.2 Å². The van der Waals surface area contributed by atoms with E-state index in [2.05, 4.69) is 10.2 Å². The van der Waals surface area contributed by atoms with Gasteiger partial charge in [0.1, 0.15) is 0 Å². The van der Waals surface area contributed by atoms with Crippen LogP contribution in [0.4, 0.5) is 0 Å². The van der Waals surface area contributed by atoms with Gasteiger partial charge in [0.2, 0.25) is 0 Å². The highest BCUT2D eigenvalue weighted by Crippen LogP contribution is 2.33. The lowest BCUT2D eigenvalue weighted by molar-refractivity contribution is 0.0693. The van der Waals surface area contributed by atoms with Crippen molar-refractivity contribution in [2.75, 3.05) is 40.3 Å². The zero-order valence-corrected chi connectivity index (χ0v) is 15.8. The summed E-state index contributed by atoms with van der Waals surface area (Å²) in [6.45, 7) is 1.45. The quantitative estimate of drug-likeness (QED) is 0.858. The minimum Gasteiger partial charge on any atom is -0.336 e. The average molecular weight is 369 g/mol. The fourth-order valence-corrected chi connectivity index (χ4v) is 4.78. The van der Waals surface area contributed by atoms with Crippen LogP contribution >= 0.6 is 0 Å². The van der Waals surface area contributed by atoms with Gasteiger partial charge in [0.25, 0.3) is 16.1 Å². The number of nitrogens with zero attached hydrogens (tertiary/aromatic N) is 4. The van der Waals surface area contributed by atoms with Crippen molar-refractivity contribution in [2.24, 2.45) is 0 Å². The first-order valence-electron chi connectivity index (χ1n) is 8.91. The van der Waals surface area contributed by atoms with Gasteiger partial charge in [-0.25, -0.2) is 0 Å². The number of carbonyl (C=O) groups excluding carboxylic acids is 1. The van der Waals surface area contributed by atoms with Crippen LogP contribution in [0.5, 0.6) is 0 Å². The minimum atomic E-state index is -3.42. The molecule has 1 saturated heterocycles. The molecule has 1 N–H and O–H groups in total.